The molecule has 2 heterocycles. The van der Waals surface area contributed by atoms with Gasteiger partial charge in [0.2, 0.25) is 0 Å². The van der Waals surface area contributed by atoms with Crippen LogP contribution in [0.1, 0.15) is 17.2 Å². The van der Waals surface area contributed by atoms with E-state index in [0.717, 1.165) is 11.1 Å². The van der Waals surface area contributed by atoms with Gasteiger partial charge in [-0.2, -0.15) is 8.42 Å². The molecular formula is C23H28ClN3O4S. The van der Waals surface area contributed by atoms with Crippen LogP contribution >= 0.6 is 11.6 Å². The summed E-state index contributed by atoms with van der Waals surface area (Å²) in [4.78, 5) is 4.41. The van der Waals surface area contributed by atoms with E-state index in [1.165, 1.54) is 12.1 Å². The van der Waals surface area contributed by atoms with Gasteiger partial charge in [0.1, 0.15) is 5.84 Å². The molecule has 0 saturated carbocycles. The van der Waals surface area contributed by atoms with Gasteiger partial charge in [0, 0.05) is 31.2 Å². The molecule has 0 aromatic heterocycles. The van der Waals surface area contributed by atoms with Gasteiger partial charge in [-0.05, 0) is 36.8 Å². The van der Waals surface area contributed by atoms with Crippen LogP contribution in [0.2, 0.25) is 5.02 Å². The Labute approximate surface area is 194 Å². The fourth-order valence-electron chi connectivity index (χ4n) is 3.96. The van der Waals surface area contributed by atoms with Crippen molar-refractivity contribution in [3.63, 3.8) is 0 Å². The third-order valence-electron chi connectivity index (χ3n) is 5.71. The van der Waals surface area contributed by atoms with Gasteiger partial charge in [-0.3, -0.25) is 4.90 Å². The molecule has 0 bridgehead atoms. The van der Waals surface area contributed by atoms with Gasteiger partial charge < -0.3 is 14.4 Å². The molecule has 1 atom stereocenters. The summed E-state index contributed by atoms with van der Waals surface area (Å²) in [6.07, 6.45) is 0. The third-order valence-corrected chi connectivity index (χ3v) is 7.26. The molecule has 7 nitrogen and oxygen atoms in total. The van der Waals surface area contributed by atoms with Gasteiger partial charge in [0.25, 0.3) is 10.0 Å². The smallest absolute Gasteiger partial charge is 0.284 e. The first-order valence-corrected chi connectivity index (χ1v) is 12.6. The summed E-state index contributed by atoms with van der Waals surface area (Å²) in [5, 5.41) is 0.479. The predicted molar refractivity (Wildman–Crippen MR) is 125 cm³/mol. The number of benzene rings is 2. The highest BCUT2D eigenvalue weighted by Crippen LogP contribution is 2.28. The van der Waals surface area contributed by atoms with Crippen LogP contribution < -0.4 is 0 Å². The summed E-state index contributed by atoms with van der Waals surface area (Å²) in [5.74, 6) is 0.522. The Morgan fingerprint density at radius 2 is 1.47 bits per heavy atom. The maximum atomic E-state index is 13.3. The van der Waals surface area contributed by atoms with E-state index in [2.05, 4.69) is 21.4 Å². The second-order valence-corrected chi connectivity index (χ2v) is 9.98. The van der Waals surface area contributed by atoms with Gasteiger partial charge in [0.15, 0.2) is 0 Å². The van der Waals surface area contributed by atoms with Gasteiger partial charge in [-0.15, -0.1) is 4.40 Å². The molecule has 1 unspecified atom stereocenters. The maximum absolute atomic E-state index is 13.3. The van der Waals surface area contributed by atoms with E-state index < -0.39 is 10.0 Å². The number of aryl methyl sites for hydroxylation is 1. The number of ether oxygens (including phenoxy) is 2. The maximum Gasteiger partial charge on any atom is 0.284 e. The molecule has 2 aromatic rings. The highest BCUT2D eigenvalue weighted by molar-refractivity contribution is 7.90. The van der Waals surface area contributed by atoms with Crippen molar-refractivity contribution in [3.8, 4) is 0 Å². The lowest BCUT2D eigenvalue weighted by atomic mass is 10.0. The Morgan fingerprint density at radius 3 is 2.06 bits per heavy atom. The first-order chi connectivity index (χ1) is 15.4. The molecular weight excluding hydrogens is 450 g/mol. The second-order valence-electron chi connectivity index (χ2n) is 7.94. The van der Waals surface area contributed by atoms with Gasteiger partial charge in [-0.1, -0.05) is 41.4 Å². The number of morpholine rings is 2. The summed E-state index contributed by atoms with van der Waals surface area (Å²) in [5.41, 5.74) is 2.15. The molecule has 32 heavy (non-hydrogen) atoms. The second kappa shape index (κ2) is 10.3. The van der Waals surface area contributed by atoms with Crippen molar-refractivity contribution in [1.29, 1.82) is 0 Å². The summed E-state index contributed by atoms with van der Waals surface area (Å²) in [7, 11) is -3.94. The standard InChI is InChI=1S/C23H28ClN3O4S/c1-18-2-4-19(5-3-18)22(26-10-14-30-15-11-26)23(27-12-16-31-17-13-27)25-32(28,29)21-8-6-20(24)7-9-21/h2-9,22H,10-17H2,1H3. The number of hydrogen-bond donors (Lipinski definition) is 0. The Balaban J connectivity index is 1.82. The van der Waals surface area contributed by atoms with Gasteiger partial charge >= 0.3 is 0 Å². The zero-order chi connectivity index (χ0) is 22.6. The molecule has 2 aromatic carbocycles. The Kier molecular flexibility index (Phi) is 7.48. The largest absolute Gasteiger partial charge is 0.379 e. The van der Waals surface area contributed by atoms with Crippen LogP contribution in [0.15, 0.2) is 57.8 Å². The Bertz CT molecular complexity index is 1030. The number of amidine groups is 1. The van der Waals surface area contributed by atoms with Crippen LogP contribution in [0.5, 0.6) is 0 Å². The first-order valence-electron chi connectivity index (χ1n) is 10.8. The molecule has 9 heteroatoms. The lowest BCUT2D eigenvalue weighted by Gasteiger charge is -2.40. The lowest BCUT2D eigenvalue weighted by Crippen LogP contribution is -2.50. The van der Waals surface area contributed by atoms with Crippen molar-refractivity contribution in [1.82, 2.24) is 9.80 Å². The Hall–Kier alpha value is -1.97. The highest BCUT2D eigenvalue weighted by Gasteiger charge is 2.33. The van der Waals surface area contributed by atoms with E-state index in [4.69, 9.17) is 21.1 Å². The average molecular weight is 478 g/mol. The minimum Gasteiger partial charge on any atom is -0.379 e. The number of rotatable bonds is 5. The first kappa shape index (κ1) is 23.2. The van der Waals surface area contributed by atoms with E-state index >= 15 is 0 Å². The quantitative estimate of drug-likeness (QED) is 0.486. The van der Waals surface area contributed by atoms with Crippen molar-refractivity contribution < 1.29 is 17.9 Å². The molecule has 2 aliphatic rings. The number of sulfonamides is 1. The average Bonchev–Trinajstić information content (AvgIpc) is 2.81. The number of halogens is 1. The van der Waals surface area contributed by atoms with E-state index in [9.17, 15) is 8.42 Å². The van der Waals surface area contributed by atoms with Crippen LogP contribution in [0.4, 0.5) is 0 Å². The van der Waals surface area contributed by atoms with Crippen LogP contribution in [0.25, 0.3) is 0 Å². The molecule has 172 valence electrons. The lowest BCUT2D eigenvalue weighted by molar-refractivity contribution is 0.0229. The molecule has 0 radical (unpaired) electrons. The normalized spacial score (nSPS) is 19.7. The monoisotopic (exact) mass is 477 g/mol. The van der Waals surface area contributed by atoms with E-state index in [0.29, 0.717) is 63.5 Å². The topological polar surface area (TPSA) is 71.4 Å². The van der Waals surface area contributed by atoms with Crippen LogP contribution in [0.3, 0.4) is 0 Å². The van der Waals surface area contributed by atoms with Gasteiger partial charge in [0.05, 0.1) is 37.4 Å². The van der Waals surface area contributed by atoms with E-state index in [1.54, 1.807) is 12.1 Å². The van der Waals surface area contributed by atoms with Crippen LogP contribution in [-0.4, -0.2) is 76.7 Å². The van der Waals surface area contributed by atoms with Gasteiger partial charge in [-0.25, -0.2) is 0 Å². The molecule has 0 amide bonds. The molecule has 4 rings (SSSR count). The summed E-state index contributed by atoms with van der Waals surface area (Å²) >= 11 is 5.96. The third kappa shape index (κ3) is 5.50. The molecule has 2 aliphatic heterocycles. The van der Waals surface area contributed by atoms with Crippen molar-refractivity contribution in [2.75, 3.05) is 52.6 Å². The Morgan fingerprint density at radius 1 is 0.906 bits per heavy atom. The van der Waals surface area contributed by atoms with E-state index in [1.807, 2.05) is 24.0 Å². The SMILES string of the molecule is Cc1ccc(C(C(=NS(=O)(=O)c2ccc(Cl)cc2)N2CCOCC2)N2CCOCC2)cc1. The zero-order valence-corrected chi connectivity index (χ0v) is 19.7. The summed E-state index contributed by atoms with van der Waals surface area (Å²) in [6.45, 7) is 6.86. The fourth-order valence-corrected chi connectivity index (χ4v) is 5.14. The van der Waals surface area contributed by atoms with Crippen molar-refractivity contribution in [3.05, 3.63) is 64.7 Å². The molecule has 0 aliphatic carbocycles. The number of nitrogens with zero attached hydrogens (tertiary/aromatic N) is 3. The minimum absolute atomic E-state index is 0.122. The molecule has 0 spiro atoms. The van der Waals surface area contributed by atoms with Crippen LogP contribution in [-0.2, 0) is 19.5 Å². The van der Waals surface area contributed by atoms with Crippen molar-refractivity contribution in [2.24, 2.45) is 4.40 Å². The fraction of sp³-hybridized carbons (Fsp3) is 0.435. The summed E-state index contributed by atoms with van der Waals surface area (Å²) in [6, 6.07) is 14.0. The highest BCUT2D eigenvalue weighted by atomic mass is 35.5. The predicted octanol–water partition coefficient (Wildman–Crippen LogP) is 3.14. The zero-order valence-electron chi connectivity index (χ0n) is 18.1. The van der Waals surface area contributed by atoms with Crippen LogP contribution in [0, 0.1) is 6.92 Å². The van der Waals surface area contributed by atoms with E-state index in [-0.39, 0.29) is 10.9 Å². The number of hydrogen-bond acceptors (Lipinski definition) is 5. The van der Waals surface area contributed by atoms with Crippen molar-refractivity contribution in [2.45, 2.75) is 17.9 Å². The van der Waals surface area contributed by atoms with Crippen molar-refractivity contribution >= 4 is 27.5 Å². The molecule has 0 N–H and O–H groups in total. The molecule has 2 saturated heterocycles. The summed E-state index contributed by atoms with van der Waals surface area (Å²) < 4.78 is 42.2. The minimum atomic E-state index is -3.94. The molecule has 2 fully saturated rings.